The summed E-state index contributed by atoms with van der Waals surface area (Å²) in [5.41, 5.74) is 0.763. The van der Waals surface area contributed by atoms with E-state index in [0.29, 0.717) is 18.9 Å². The molecule has 1 aromatic rings. The molecule has 0 spiro atoms. The summed E-state index contributed by atoms with van der Waals surface area (Å²) in [6.45, 7) is 4.59. The molecule has 106 valence electrons. The molecule has 0 bridgehead atoms. The van der Waals surface area contributed by atoms with Gasteiger partial charge in [-0.1, -0.05) is 19.9 Å². The van der Waals surface area contributed by atoms with Gasteiger partial charge >= 0.3 is 0 Å². The van der Waals surface area contributed by atoms with E-state index in [4.69, 9.17) is 4.74 Å². The first kappa shape index (κ1) is 15.5. The Balaban J connectivity index is 2.58. The molecule has 0 heterocycles. The van der Waals surface area contributed by atoms with Crippen molar-refractivity contribution in [3.8, 4) is 5.75 Å². The van der Waals surface area contributed by atoms with Crippen LogP contribution in [0.4, 0.5) is 4.39 Å². The summed E-state index contributed by atoms with van der Waals surface area (Å²) < 4.78 is 18.4. The van der Waals surface area contributed by atoms with Crippen LogP contribution in [0.2, 0.25) is 0 Å². The summed E-state index contributed by atoms with van der Waals surface area (Å²) in [7, 11) is 3.17. The Bertz CT molecular complexity index is 432. The topological polar surface area (TPSA) is 29.5 Å². The molecule has 0 N–H and O–H groups in total. The SMILES string of the molecule is COc1ccc(CN(C)C(=O)CCC(C)C)cc1F. The summed E-state index contributed by atoms with van der Waals surface area (Å²) in [4.78, 5) is 13.5. The summed E-state index contributed by atoms with van der Waals surface area (Å²) in [5, 5.41) is 0. The van der Waals surface area contributed by atoms with Crippen LogP contribution in [0.1, 0.15) is 32.3 Å². The fraction of sp³-hybridized carbons (Fsp3) is 0.533. The van der Waals surface area contributed by atoms with E-state index in [0.717, 1.165) is 12.0 Å². The first-order valence-electron chi connectivity index (χ1n) is 6.50. The molecule has 0 unspecified atom stereocenters. The maximum Gasteiger partial charge on any atom is 0.222 e. The van der Waals surface area contributed by atoms with Crippen LogP contribution < -0.4 is 4.74 Å². The number of hydrogen-bond acceptors (Lipinski definition) is 2. The van der Waals surface area contributed by atoms with Crippen LogP contribution in [-0.4, -0.2) is 25.0 Å². The van der Waals surface area contributed by atoms with Crippen molar-refractivity contribution in [1.82, 2.24) is 4.90 Å². The van der Waals surface area contributed by atoms with E-state index < -0.39 is 5.82 Å². The van der Waals surface area contributed by atoms with Gasteiger partial charge in [-0.25, -0.2) is 4.39 Å². The number of methoxy groups -OCH3 is 1. The standard InChI is InChI=1S/C15H22FNO2/c1-11(2)5-8-15(18)17(3)10-12-6-7-14(19-4)13(16)9-12/h6-7,9,11H,5,8,10H2,1-4H3. The van der Waals surface area contributed by atoms with Gasteiger partial charge in [-0.2, -0.15) is 0 Å². The lowest BCUT2D eigenvalue weighted by molar-refractivity contribution is -0.130. The van der Waals surface area contributed by atoms with Crippen molar-refractivity contribution in [2.24, 2.45) is 5.92 Å². The van der Waals surface area contributed by atoms with Crippen molar-refractivity contribution in [1.29, 1.82) is 0 Å². The van der Waals surface area contributed by atoms with Gasteiger partial charge in [0.25, 0.3) is 0 Å². The third-order valence-electron chi connectivity index (χ3n) is 3.00. The summed E-state index contributed by atoms with van der Waals surface area (Å²) in [6, 6.07) is 4.76. The number of nitrogens with zero attached hydrogens (tertiary/aromatic N) is 1. The number of ether oxygens (including phenoxy) is 1. The van der Waals surface area contributed by atoms with Gasteiger partial charge < -0.3 is 9.64 Å². The predicted octanol–water partition coefficient (Wildman–Crippen LogP) is 3.23. The molecule has 1 aromatic carbocycles. The quantitative estimate of drug-likeness (QED) is 0.792. The number of amides is 1. The molecular formula is C15H22FNO2. The largest absolute Gasteiger partial charge is 0.494 e. The molecule has 1 rings (SSSR count). The molecule has 0 radical (unpaired) electrons. The zero-order valence-corrected chi connectivity index (χ0v) is 12.1. The fourth-order valence-corrected chi connectivity index (χ4v) is 1.77. The molecule has 1 amide bonds. The third kappa shape index (κ3) is 4.89. The van der Waals surface area contributed by atoms with Gasteiger partial charge in [-0.05, 0) is 30.0 Å². The van der Waals surface area contributed by atoms with E-state index in [-0.39, 0.29) is 11.7 Å². The highest BCUT2D eigenvalue weighted by atomic mass is 19.1. The summed E-state index contributed by atoms with van der Waals surface area (Å²) >= 11 is 0. The molecule has 3 nitrogen and oxygen atoms in total. The second-order valence-electron chi connectivity index (χ2n) is 5.15. The van der Waals surface area contributed by atoms with Crippen molar-refractivity contribution in [3.05, 3.63) is 29.6 Å². The molecule has 19 heavy (non-hydrogen) atoms. The Labute approximate surface area is 114 Å². The predicted molar refractivity (Wildman–Crippen MR) is 73.5 cm³/mol. The van der Waals surface area contributed by atoms with Crippen molar-refractivity contribution in [2.75, 3.05) is 14.2 Å². The van der Waals surface area contributed by atoms with Crippen LogP contribution >= 0.6 is 0 Å². The van der Waals surface area contributed by atoms with E-state index in [1.54, 1.807) is 24.1 Å². The number of carbonyl (C=O) groups is 1. The molecule has 0 atom stereocenters. The lowest BCUT2D eigenvalue weighted by Gasteiger charge is -2.18. The first-order valence-corrected chi connectivity index (χ1v) is 6.50. The molecule has 0 saturated carbocycles. The Hall–Kier alpha value is -1.58. The maximum absolute atomic E-state index is 13.5. The minimum absolute atomic E-state index is 0.0879. The highest BCUT2D eigenvalue weighted by molar-refractivity contribution is 5.75. The monoisotopic (exact) mass is 267 g/mol. The second-order valence-corrected chi connectivity index (χ2v) is 5.15. The van der Waals surface area contributed by atoms with E-state index in [1.165, 1.54) is 13.2 Å². The van der Waals surface area contributed by atoms with Crippen LogP contribution in [0.15, 0.2) is 18.2 Å². The van der Waals surface area contributed by atoms with Gasteiger partial charge in [0.15, 0.2) is 11.6 Å². The first-order chi connectivity index (χ1) is 8.93. The number of benzene rings is 1. The van der Waals surface area contributed by atoms with Crippen LogP contribution in [0.3, 0.4) is 0 Å². The minimum atomic E-state index is -0.400. The van der Waals surface area contributed by atoms with Gasteiger partial charge in [0.05, 0.1) is 7.11 Å². The van der Waals surface area contributed by atoms with Gasteiger partial charge in [0.1, 0.15) is 0 Å². The van der Waals surface area contributed by atoms with Gasteiger partial charge in [0.2, 0.25) is 5.91 Å². The molecule has 0 aliphatic rings. The average Bonchev–Trinajstić information content (AvgIpc) is 2.36. The molecule has 0 saturated heterocycles. The Morgan fingerprint density at radius 2 is 2.11 bits per heavy atom. The van der Waals surface area contributed by atoms with Crippen LogP contribution in [0.5, 0.6) is 5.75 Å². The van der Waals surface area contributed by atoms with Crippen molar-refractivity contribution >= 4 is 5.91 Å². The van der Waals surface area contributed by atoms with Crippen molar-refractivity contribution in [3.63, 3.8) is 0 Å². The highest BCUT2D eigenvalue weighted by Crippen LogP contribution is 2.18. The minimum Gasteiger partial charge on any atom is -0.494 e. The Morgan fingerprint density at radius 3 is 2.63 bits per heavy atom. The molecule has 0 aliphatic carbocycles. The molecule has 4 heteroatoms. The van der Waals surface area contributed by atoms with Gasteiger partial charge in [0, 0.05) is 20.0 Å². The van der Waals surface area contributed by atoms with Gasteiger partial charge in [-0.15, -0.1) is 0 Å². The van der Waals surface area contributed by atoms with Crippen LogP contribution in [0, 0.1) is 11.7 Å². The normalized spacial score (nSPS) is 10.6. The lowest BCUT2D eigenvalue weighted by Crippen LogP contribution is -2.26. The Morgan fingerprint density at radius 1 is 1.42 bits per heavy atom. The van der Waals surface area contributed by atoms with Gasteiger partial charge in [-0.3, -0.25) is 4.79 Å². The molecule has 0 fully saturated rings. The van der Waals surface area contributed by atoms with E-state index in [1.807, 2.05) is 0 Å². The average molecular weight is 267 g/mol. The lowest BCUT2D eigenvalue weighted by atomic mass is 10.1. The number of hydrogen-bond donors (Lipinski definition) is 0. The molecular weight excluding hydrogens is 245 g/mol. The maximum atomic E-state index is 13.5. The van der Waals surface area contributed by atoms with E-state index in [2.05, 4.69) is 13.8 Å². The number of rotatable bonds is 6. The number of halogens is 1. The van der Waals surface area contributed by atoms with E-state index in [9.17, 15) is 9.18 Å². The van der Waals surface area contributed by atoms with Crippen molar-refractivity contribution in [2.45, 2.75) is 33.2 Å². The van der Waals surface area contributed by atoms with Crippen LogP contribution in [-0.2, 0) is 11.3 Å². The molecule has 0 aliphatic heterocycles. The summed E-state index contributed by atoms with van der Waals surface area (Å²) in [6.07, 6.45) is 1.41. The number of carbonyl (C=O) groups excluding carboxylic acids is 1. The smallest absolute Gasteiger partial charge is 0.222 e. The highest BCUT2D eigenvalue weighted by Gasteiger charge is 2.11. The molecule has 0 aromatic heterocycles. The van der Waals surface area contributed by atoms with E-state index >= 15 is 0 Å². The third-order valence-corrected chi connectivity index (χ3v) is 3.00. The second kappa shape index (κ2) is 7.12. The zero-order chi connectivity index (χ0) is 14.4. The summed E-state index contributed by atoms with van der Waals surface area (Å²) in [5.74, 6) is 0.418. The fourth-order valence-electron chi connectivity index (χ4n) is 1.77. The Kier molecular flexibility index (Phi) is 5.80. The van der Waals surface area contributed by atoms with Crippen molar-refractivity contribution < 1.29 is 13.9 Å². The van der Waals surface area contributed by atoms with Crippen LogP contribution in [0.25, 0.3) is 0 Å². The zero-order valence-electron chi connectivity index (χ0n) is 12.1.